The quantitative estimate of drug-likeness (QED) is 0.779. The Morgan fingerprint density at radius 2 is 1.95 bits per heavy atom. The number of nitrogens with zero attached hydrogens (tertiary/aromatic N) is 1. The van der Waals surface area contributed by atoms with Crippen LogP contribution in [0.5, 0.6) is 0 Å². The zero-order valence-electron chi connectivity index (χ0n) is 13.4. The van der Waals surface area contributed by atoms with Gasteiger partial charge in [-0.05, 0) is 49.5 Å². The molecule has 0 aromatic rings. The Labute approximate surface area is 119 Å². The molecule has 0 aromatic carbocycles. The number of aliphatic hydroxyl groups excluding tert-OH is 1. The molecule has 3 N–H and O–H groups in total. The summed E-state index contributed by atoms with van der Waals surface area (Å²) in [6, 6.07) is 0.363. The van der Waals surface area contributed by atoms with E-state index in [-0.39, 0.29) is 6.61 Å². The maximum atomic E-state index is 8.97. The number of nitrogens with two attached hydrogens (primary N) is 1. The molecule has 0 heterocycles. The first-order valence-electron chi connectivity index (χ1n) is 7.97. The van der Waals surface area contributed by atoms with E-state index in [1.54, 1.807) is 0 Å². The van der Waals surface area contributed by atoms with Crippen molar-refractivity contribution < 1.29 is 5.11 Å². The normalized spacial score (nSPS) is 28.9. The molecule has 1 saturated carbocycles. The molecule has 1 fully saturated rings. The van der Waals surface area contributed by atoms with Gasteiger partial charge in [0.25, 0.3) is 0 Å². The van der Waals surface area contributed by atoms with Gasteiger partial charge in [-0.15, -0.1) is 0 Å². The average molecular weight is 270 g/mol. The molecule has 1 aliphatic carbocycles. The summed E-state index contributed by atoms with van der Waals surface area (Å²) in [6.45, 7) is 12.7. The number of aliphatic hydroxyl groups is 1. The molecule has 3 atom stereocenters. The summed E-state index contributed by atoms with van der Waals surface area (Å²) in [5.41, 5.74) is 6.74. The van der Waals surface area contributed by atoms with Gasteiger partial charge in [-0.3, -0.25) is 0 Å². The minimum Gasteiger partial charge on any atom is -0.396 e. The lowest BCUT2D eigenvalue weighted by atomic mass is 9.67. The SMILES string of the molecule is CCN(CCCO)CC1CC(C(C)(C)C)CCC1N. The Bertz CT molecular complexity index is 250. The molecule has 1 aliphatic rings. The summed E-state index contributed by atoms with van der Waals surface area (Å²) in [4.78, 5) is 2.45. The minimum absolute atomic E-state index is 0.290. The lowest BCUT2D eigenvalue weighted by Crippen LogP contribution is -2.45. The molecular weight excluding hydrogens is 236 g/mol. The van der Waals surface area contributed by atoms with Gasteiger partial charge in [-0.25, -0.2) is 0 Å². The Morgan fingerprint density at radius 1 is 1.26 bits per heavy atom. The molecule has 1 rings (SSSR count). The van der Waals surface area contributed by atoms with Crippen LogP contribution in [-0.4, -0.2) is 42.3 Å². The summed E-state index contributed by atoms with van der Waals surface area (Å²) in [6.07, 6.45) is 4.59. The highest BCUT2D eigenvalue weighted by Gasteiger charge is 2.34. The fourth-order valence-electron chi connectivity index (χ4n) is 3.29. The zero-order chi connectivity index (χ0) is 14.5. The van der Waals surface area contributed by atoms with Gasteiger partial charge >= 0.3 is 0 Å². The van der Waals surface area contributed by atoms with Crippen LogP contribution >= 0.6 is 0 Å². The van der Waals surface area contributed by atoms with E-state index in [0.29, 0.717) is 17.4 Å². The lowest BCUT2D eigenvalue weighted by molar-refractivity contribution is 0.0981. The molecule has 3 nitrogen and oxygen atoms in total. The topological polar surface area (TPSA) is 49.5 Å². The summed E-state index contributed by atoms with van der Waals surface area (Å²) in [5, 5.41) is 8.97. The van der Waals surface area contributed by atoms with Gasteiger partial charge in [0.05, 0.1) is 0 Å². The van der Waals surface area contributed by atoms with E-state index in [1.807, 2.05) is 0 Å². The predicted octanol–water partition coefficient (Wildman–Crippen LogP) is 2.48. The Kier molecular flexibility index (Phi) is 6.78. The number of rotatable bonds is 6. The Hall–Kier alpha value is -0.120. The van der Waals surface area contributed by atoms with Crippen LogP contribution in [0.1, 0.15) is 53.4 Å². The monoisotopic (exact) mass is 270 g/mol. The molecule has 3 unspecified atom stereocenters. The number of hydrogen-bond donors (Lipinski definition) is 2. The first-order valence-corrected chi connectivity index (χ1v) is 7.97. The molecule has 0 radical (unpaired) electrons. The first kappa shape index (κ1) is 16.9. The van der Waals surface area contributed by atoms with Crippen LogP contribution in [-0.2, 0) is 0 Å². The van der Waals surface area contributed by atoms with Crippen molar-refractivity contribution in [1.29, 1.82) is 0 Å². The van der Waals surface area contributed by atoms with E-state index in [0.717, 1.165) is 32.0 Å². The third kappa shape index (κ3) is 5.41. The van der Waals surface area contributed by atoms with Crippen molar-refractivity contribution in [3.8, 4) is 0 Å². The van der Waals surface area contributed by atoms with Crippen molar-refractivity contribution >= 4 is 0 Å². The summed E-state index contributed by atoms with van der Waals surface area (Å²) in [7, 11) is 0. The lowest BCUT2D eigenvalue weighted by Gasteiger charge is -2.42. The fraction of sp³-hybridized carbons (Fsp3) is 1.00. The van der Waals surface area contributed by atoms with Gasteiger partial charge in [-0.1, -0.05) is 27.7 Å². The standard InChI is InChI=1S/C16H34N2O/c1-5-18(9-6-10-19)12-13-11-14(16(2,3)4)7-8-15(13)17/h13-15,19H,5-12,17H2,1-4H3. The van der Waals surface area contributed by atoms with Crippen molar-refractivity contribution in [3.63, 3.8) is 0 Å². The molecule has 0 amide bonds. The molecular formula is C16H34N2O. The minimum atomic E-state index is 0.290. The third-order valence-electron chi connectivity index (χ3n) is 4.84. The van der Waals surface area contributed by atoms with Gasteiger partial charge in [0, 0.05) is 25.7 Å². The smallest absolute Gasteiger partial charge is 0.0443 e. The van der Waals surface area contributed by atoms with E-state index in [1.165, 1.54) is 19.3 Å². The highest BCUT2D eigenvalue weighted by Crippen LogP contribution is 2.40. The van der Waals surface area contributed by atoms with Gasteiger partial charge in [-0.2, -0.15) is 0 Å². The van der Waals surface area contributed by atoms with Crippen LogP contribution < -0.4 is 5.73 Å². The van der Waals surface area contributed by atoms with Gasteiger partial charge in [0.1, 0.15) is 0 Å². The second kappa shape index (κ2) is 7.61. The maximum absolute atomic E-state index is 8.97. The second-order valence-electron chi connectivity index (χ2n) is 7.27. The number of hydrogen-bond acceptors (Lipinski definition) is 3. The fourth-order valence-corrected chi connectivity index (χ4v) is 3.29. The summed E-state index contributed by atoms with van der Waals surface area (Å²) in [5.74, 6) is 1.42. The van der Waals surface area contributed by atoms with Gasteiger partial charge in [0.2, 0.25) is 0 Å². The third-order valence-corrected chi connectivity index (χ3v) is 4.84. The van der Waals surface area contributed by atoms with E-state index < -0.39 is 0 Å². The van der Waals surface area contributed by atoms with Gasteiger partial charge in [0.15, 0.2) is 0 Å². The molecule has 0 spiro atoms. The molecule has 3 heteroatoms. The van der Waals surface area contributed by atoms with Crippen LogP contribution in [0.15, 0.2) is 0 Å². The van der Waals surface area contributed by atoms with E-state index in [2.05, 4.69) is 32.6 Å². The van der Waals surface area contributed by atoms with Crippen molar-refractivity contribution in [3.05, 3.63) is 0 Å². The predicted molar refractivity (Wildman–Crippen MR) is 82.1 cm³/mol. The first-order chi connectivity index (χ1) is 8.88. The van der Waals surface area contributed by atoms with Crippen LogP contribution in [0.3, 0.4) is 0 Å². The zero-order valence-corrected chi connectivity index (χ0v) is 13.4. The summed E-state index contributed by atoms with van der Waals surface area (Å²) < 4.78 is 0. The van der Waals surface area contributed by atoms with Crippen LogP contribution in [0.4, 0.5) is 0 Å². The molecule has 0 saturated heterocycles. The van der Waals surface area contributed by atoms with Crippen LogP contribution in [0.2, 0.25) is 0 Å². The average Bonchev–Trinajstić information content (AvgIpc) is 2.35. The highest BCUT2D eigenvalue weighted by molar-refractivity contribution is 4.88. The van der Waals surface area contributed by atoms with Crippen molar-refractivity contribution in [2.75, 3.05) is 26.2 Å². The van der Waals surface area contributed by atoms with Gasteiger partial charge < -0.3 is 15.7 Å². The highest BCUT2D eigenvalue weighted by atomic mass is 16.3. The van der Waals surface area contributed by atoms with Crippen LogP contribution in [0.25, 0.3) is 0 Å². The second-order valence-corrected chi connectivity index (χ2v) is 7.27. The van der Waals surface area contributed by atoms with E-state index in [9.17, 15) is 0 Å². The molecule has 114 valence electrons. The maximum Gasteiger partial charge on any atom is 0.0443 e. The van der Waals surface area contributed by atoms with Crippen LogP contribution in [0, 0.1) is 17.3 Å². The Balaban J connectivity index is 2.53. The molecule has 0 aromatic heterocycles. The Morgan fingerprint density at radius 3 is 2.47 bits per heavy atom. The van der Waals surface area contributed by atoms with Crippen molar-refractivity contribution in [2.24, 2.45) is 23.0 Å². The van der Waals surface area contributed by atoms with E-state index >= 15 is 0 Å². The summed E-state index contributed by atoms with van der Waals surface area (Å²) >= 11 is 0. The van der Waals surface area contributed by atoms with E-state index in [4.69, 9.17) is 10.8 Å². The molecule has 0 aliphatic heterocycles. The van der Waals surface area contributed by atoms with Crippen molar-refractivity contribution in [2.45, 2.75) is 59.4 Å². The van der Waals surface area contributed by atoms with Crippen molar-refractivity contribution in [1.82, 2.24) is 4.90 Å². The largest absolute Gasteiger partial charge is 0.396 e. The molecule has 19 heavy (non-hydrogen) atoms. The molecule has 0 bridgehead atoms.